The van der Waals surface area contributed by atoms with Crippen molar-refractivity contribution in [2.45, 2.75) is 25.3 Å². The average Bonchev–Trinajstić information content (AvgIpc) is 3.20. The zero-order valence-corrected chi connectivity index (χ0v) is 15.8. The van der Waals surface area contributed by atoms with Crippen LogP contribution in [-0.4, -0.2) is 48.3 Å². The average molecular weight is 390 g/mol. The summed E-state index contributed by atoms with van der Waals surface area (Å²) in [6, 6.07) is 9.07. The Balaban J connectivity index is 1.63. The second-order valence-electron chi connectivity index (χ2n) is 6.63. The van der Waals surface area contributed by atoms with Crippen LogP contribution in [0, 0.1) is 0 Å². The molecule has 2 amide bonds. The van der Waals surface area contributed by atoms with E-state index in [2.05, 4.69) is 15.6 Å². The molecule has 1 aromatic heterocycles. The summed E-state index contributed by atoms with van der Waals surface area (Å²) in [5.41, 5.74) is 1.14. The van der Waals surface area contributed by atoms with E-state index in [1.165, 1.54) is 0 Å². The van der Waals surface area contributed by atoms with Crippen LogP contribution in [0.4, 0.5) is 5.69 Å². The molecule has 0 saturated heterocycles. The van der Waals surface area contributed by atoms with Gasteiger partial charge in [-0.3, -0.25) is 9.59 Å². The molecule has 0 bridgehead atoms. The van der Waals surface area contributed by atoms with Crippen LogP contribution in [0.5, 0.6) is 0 Å². The predicted octanol–water partition coefficient (Wildman–Crippen LogP) is 1.17. The quantitative estimate of drug-likeness (QED) is 0.737. The minimum absolute atomic E-state index is 0.0658. The Morgan fingerprint density at radius 2 is 2.00 bits per heavy atom. The van der Waals surface area contributed by atoms with Crippen LogP contribution in [0.15, 0.2) is 36.5 Å². The number of nitrogens with one attached hydrogen (secondary N) is 2. The first-order chi connectivity index (χ1) is 12.8. The van der Waals surface area contributed by atoms with Crippen LogP contribution in [-0.2, 0) is 21.1 Å². The van der Waals surface area contributed by atoms with E-state index >= 15 is 0 Å². The minimum Gasteiger partial charge on any atom is -0.354 e. The Hall–Kier alpha value is -2.68. The molecular formula is C18H22N4O4S. The monoisotopic (exact) mass is 390 g/mol. The van der Waals surface area contributed by atoms with E-state index in [0.29, 0.717) is 17.9 Å². The topological polar surface area (TPSA) is 110 Å². The highest BCUT2D eigenvalue weighted by atomic mass is 32.2. The zero-order valence-electron chi connectivity index (χ0n) is 15.0. The van der Waals surface area contributed by atoms with Crippen molar-refractivity contribution in [2.75, 3.05) is 23.9 Å². The molecular weight excluding hydrogens is 368 g/mol. The smallest absolute Gasteiger partial charge is 0.273 e. The molecule has 1 aromatic carbocycles. The molecule has 0 aliphatic carbocycles. The van der Waals surface area contributed by atoms with Gasteiger partial charge < -0.3 is 15.2 Å². The molecule has 2 N–H and O–H groups in total. The highest BCUT2D eigenvalue weighted by Crippen LogP contribution is 2.27. The van der Waals surface area contributed by atoms with Crippen LogP contribution in [0.3, 0.4) is 0 Å². The number of carbonyl (C=O) groups is 2. The lowest BCUT2D eigenvalue weighted by molar-refractivity contribution is -0.120. The third-order valence-corrected chi connectivity index (χ3v) is 5.38. The maximum Gasteiger partial charge on any atom is 0.273 e. The number of aryl methyl sites for hydroxylation is 1. The van der Waals surface area contributed by atoms with Gasteiger partial charge in [0.1, 0.15) is 21.4 Å². The summed E-state index contributed by atoms with van der Waals surface area (Å²) in [5.74, 6) is 0.0630. The summed E-state index contributed by atoms with van der Waals surface area (Å²) < 4.78 is 24.2. The van der Waals surface area contributed by atoms with Crippen LogP contribution < -0.4 is 10.6 Å². The van der Waals surface area contributed by atoms with Crippen molar-refractivity contribution >= 4 is 27.3 Å². The van der Waals surface area contributed by atoms with Gasteiger partial charge in [-0.15, -0.1) is 0 Å². The van der Waals surface area contributed by atoms with E-state index in [1.807, 2.05) is 22.8 Å². The van der Waals surface area contributed by atoms with Gasteiger partial charge in [-0.2, -0.15) is 0 Å². The first-order valence-corrected chi connectivity index (χ1v) is 10.8. The fraction of sp³-hybridized carbons (Fsp3) is 0.389. The molecule has 0 saturated carbocycles. The number of amides is 2. The molecule has 3 rings (SSSR count). The number of fused-ring (bicyclic) bond motifs is 1. The first kappa shape index (κ1) is 19.1. The van der Waals surface area contributed by atoms with E-state index in [9.17, 15) is 18.0 Å². The van der Waals surface area contributed by atoms with Gasteiger partial charge in [-0.1, -0.05) is 18.2 Å². The van der Waals surface area contributed by atoms with Gasteiger partial charge in [0.2, 0.25) is 5.91 Å². The summed E-state index contributed by atoms with van der Waals surface area (Å²) in [5, 5.41) is 5.60. The lowest BCUT2D eigenvalue weighted by atomic mass is 10.2. The molecule has 0 fully saturated rings. The Morgan fingerprint density at radius 3 is 2.70 bits per heavy atom. The Bertz CT molecular complexity index is 938. The largest absolute Gasteiger partial charge is 0.354 e. The van der Waals surface area contributed by atoms with Crippen molar-refractivity contribution in [3.8, 4) is 0 Å². The minimum atomic E-state index is -3.17. The lowest BCUT2D eigenvalue weighted by Crippen LogP contribution is -2.32. The molecule has 144 valence electrons. The van der Waals surface area contributed by atoms with Crippen LogP contribution in [0.2, 0.25) is 0 Å². The van der Waals surface area contributed by atoms with Crippen molar-refractivity contribution in [2.24, 2.45) is 0 Å². The van der Waals surface area contributed by atoms with Crippen molar-refractivity contribution in [3.05, 3.63) is 48.0 Å². The number of nitrogens with zero attached hydrogens (tertiary/aromatic N) is 2. The summed E-state index contributed by atoms with van der Waals surface area (Å²) in [4.78, 5) is 28.8. The Labute approximate surface area is 157 Å². The normalized spacial score (nSPS) is 16.0. The van der Waals surface area contributed by atoms with Gasteiger partial charge in [0.15, 0.2) is 0 Å². The summed E-state index contributed by atoms with van der Waals surface area (Å²) in [6.45, 7) is 0.331. The molecule has 2 aromatic rings. The van der Waals surface area contributed by atoms with Crippen LogP contribution in [0.1, 0.15) is 35.2 Å². The molecule has 0 radical (unpaired) electrons. The van der Waals surface area contributed by atoms with E-state index in [0.717, 1.165) is 24.9 Å². The Morgan fingerprint density at radius 1 is 1.26 bits per heavy atom. The van der Waals surface area contributed by atoms with Crippen molar-refractivity contribution in [3.63, 3.8) is 0 Å². The molecule has 27 heavy (non-hydrogen) atoms. The Kier molecular flexibility index (Phi) is 5.59. The molecule has 1 aliphatic heterocycles. The number of hydrogen-bond donors (Lipinski definition) is 2. The zero-order chi connectivity index (χ0) is 19.4. The molecule has 2 heterocycles. The maximum absolute atomic E-state index is 12.6. The van der Waals surface area contributed by atoms with Crippen molar-refractivity contribution in [1.82, 2.24) is 14.9 Å². The standard InChI is InChI=1S/C18H22N4O4S/c1-27(25,26)10-9-17(23)20-11-14-7-8-16-19-12-15(22(14)16)18(24)21-13-5-3-2-4-6-13/h2-6,12,14H,7-11H2,1H3,(H,20,23)(H,21,24). The molecule has 1 aliphatic rings. The lowest BCUT2D eigenvalue weighted by Gasteiger charge is -2.17. The number of anilines is 1. The second-order valence-corrected chi connectivity index (χ2v) is 8.89. The maximum atomic E-state index is 12.6. The number of benzene rings is 1. The summed E-state index contributed by atoms with van der Waals surface area (Å²) in [6.07, 6.45) is 4.07. The van der Waals surface area contributed by atoms with Gasteiger partial charge >= 0.3 is 0 Å². The number of aromatic nitrogens is 2. The molecule has 1 unspecified atom stereocenters. The van der Waals surface area contributed by atoms with Gasteiger partial charge in [0, 0.05) is 31.3 Å². The number of carbonyl (C=O) groups excluding carboxylic acids is 2. The predicted molar refractivity (Wildman–Crippen MR) is 101 cm³/mol. The van der Waals surface area contributed by atoms with E-state index in [-0.39, 0.29) is 30.0 Å². The summed E-state index contributed by atoms with van der Waals surface area (Å²) >= 11 is 0. The van der Waals surface area contributed by atoms with Gasteiger partial charge in [0.25, 0.3) is 5.91 Å². The fourth-order valence-corrected chi connectivity index (χ4v) is 3.65. The van der Waals surface area contributed by atoms with Gasteiger partial charge in [-0.05, 0) is 18.6 Å². The van der Waals surface area contributed by atoms with E-state index < -0.39 is 9.84 Å². The van der Waals surface area contributed by atoms with Crippen molar-refractivity contribution < 1.29 is 18.0 Å². The molecule has 0 spiro atoms. The van der Waals surface area contributed by atoms with E-state index in [4.69, 9.17) is 0 Å². The third-order valence-electron chi connectivity index (χ3n) is 4.44. The first-order valence-electron chi connectivity index (χ1n) is 8.70. The van der Waals surface area contributed by atoms with Gasteiger partial charge in [0.05, 0.1) is 18.0 Å². The highest BCUT2D eigenvalue weighted by molar-refractivity contribution is 7.90. The third kappa shape index (κ3) is 4.94. The molecule has 9 heteroatoms. The molecule has 8 nitrogen and oxygen atoms in total. The SMILES string of the molecule is CS(=O)(=O)CCC(=O)NCC1CCc2ncc(C(=O)Nc3ccccc3)n21. The highest BCUT2D eigenvalue weighted by Gasteiger charge is 2.28. The number of hydrogen-bond acceptors (Lipinski definition) is 5. The van der Waals surface area contributed by atoms with Crippen LogP contribution >= 0.6 is 0 Å². The van der Waals surface area contributed by atoms with Crippen LogP contribution in [0.25, 0.3) is 0 Å². The van der Waals surface area contributed by atoms with Crippen molar-refractivity contribution in [1.29, 1.82) is 0 Å². The second kappa shape index (κ2) is 7.91. The van der Waals surface area contributed by atoms with Gasteiger partial charge in [-0.25, -0.2) is 13.4 Å². The number of imidazole rings is 1. The fourth-order valence-electron chi connectivity index (χ4n) is 3.09. The molecule has 1 atom stereocenters. The number of para-hydroxylation sites is 1. The number of rotatable bonds is 7. The summed E-state index contributed by atoms with van der Waals surface area (Å²) in [7, 11) is -3.17. The van der Waals surface area contributed by atoms with E-state index in [1.54, 1.807) is 18.3 Å². The number of sulfone groups is 1.